The number of amides is 2. The van der Waals surface area contributed by atoms with Crippen LogP contribution < -0.4 is 20.3 Å². The number of benzene rings is 3. The standard InChI is InChI=1S/C21H18ClN3O6S/c1-31-19-10-9-14(22)12-17(19)25-32(29,30)15-6-4-5-13(11-15)20(27)23-24-21(28)16-7-2-3-8-18(16)26/h2-12,25-26H,1H3,(H,23,27)(H,24,28). The van der Waals surface area contributed by atoms with Crippen LogP contribution in [0.3, 0.4) is 0 Å². The van der Waals surface area contributed by atoms with E-state index < -0.39 is 21.8 Å². The summed E-state index contributed by atoms with van der Waals surface area (Å²) in [6, 6.07) is 15.4. The summed E-state index contributed by atoms with van der Waals surface area (Å²) in [5.41, 5.74) is 4.41. The lowest BCUT2D eigenvalue weighted by atomic mass is 10.2. The number of methoxy groups -OCH3 is 1. The van der Waals surface area contributed by atoms with E-state index in [1.54, 1.807) is 18.2 Å². The summed E-state index contributed by atoms with van der Waals surface area (Å²) in [6.07, 6.45) is 0. The fraction of sp³-hybridized carbons (Fsp3) is 0.0476. The zero-order chi connectivity index (χ0) is 23.3. The second kappa shape index (κ2) is 9.58. The first-order valence-corrected chi connectivity index (χ1v) is 10.9. The van der Waals surface area contributed by atoms with Gasteiger partial charge in [0.2, 0.25) is 0 Å². The number of hydrogen-bond acceptors (Lipinski definition) is 6. The van der Waals surface area contributed by atoms with E-state index in [4.69, 9.17) is 16.3 Å². The van der Waals surface area contributed by atoms with Crippen molar-refractivity contribution < 1.29 is 27.9 Å². The maximum atomic E-state index is 12.8. The van der Waals surface area contributed by atoms with Crippen LogP contribution in [0.1, 0.15) is 20.7 Å². The van der Waals surface area contributed by atoms with Crippen molar-refractivity contribution in [1.29, 1.82) is 0 Å². The number of rotatable bonds is 6. The van der Waals surface area contributed by atoms with Crippen molar-refractivity contribution in [3.63, 3.8) is 0 Å². The average Bonchev–Trinajstić information content (AvgIpc) is 2.77. The molecule has 0 fully saturated rings. The van der Waals surface area contributed by atoms with Gasteiger partial charge in [0.1, 0.15) is 11.5 Å². The Bertz CT molecular complexity index is 1280. The molecule has 166 valence electrons. The SMILES string of the molecule is COc1ccc(Cl)cc1NS(=O)(=O)c1cccc(C(=O)NNC(=O)c2ccccc2O)c1. The first kappa shape index (κ1) is 22.9. The third-order valence-electron chi connectivity index (χ3n) is 4.25. The van der Waals surface area contributed by atoms with E-state index in [1.807, 2.05) is 0 Å². The van der Waals surface area contributed by atoms with E-state index in [0.29, 0.717) is 5.02 Å². The van der Waals surface area contributed by atoms with Crippen molar-refractivity contribution in [2.75, 3.05) is 11.8 Å². The number of nitrogens with one attached hydrogen (secondary N) is 3. The summed E-state index contributed by atoms with van der Waals surface area (Å²) >= 11 is 5.94. The Balaban J connectivity index is 1.75. The molecule has 32 heavy (non-hydrogen) atoms. The minimum atomic E-state index is -4.09. The molecule has 0 bridgehead atoms. The fourth-order valence-corrected chi connectivity index (χ4v) is 3.97. The van der Waals surface area contributed by atoms with Crippen molar-refractivity contribution in [3.8, 4) is 11.5 Å². The molecule has 0 aliphatic rings. The van der Waals surface area contributed by atoms with Gasteiger partial charge in [-0.3, -0.25) is 25.2 Å². The topological polar surface area (TPSA) is 134 Å². The molecule has 0 saturated carbocycles. The highest BCUT2D eigenvalue weighted by atomic mass is 35.5. The van der Waals surface area contributed by atoms with Gasteiger partial charge in [-0.15, -0.1) is 0 Å². The van der Waals surface area contributed by atoms with Gasteiger partial charge in [-0.05, 0) is 48.5 Å². The molecule has 0 radical (unpaired) electrons. The Morgan fingerprint density at radius 1 is 0.938 bits per heavy atom. The van der Waals surface area contributed by atoms with Crippen molar-refractivity contribution in [1.82, 2.24) is 10.9 Å². The van der Waals surface area contributed by atoms with E-state index in [2.05, 4.69) is 15.6 Å². The molecule has 0 atom stereocenters. The molecule has 0 aliphatic heterocycles. The number of anilines is 1. The summed E-state index contributed by atoms with van der Waals surface area (Å²) in [7, 11) is -2.70. The summed E-state index contributed by atoms with van der Waals surface area (Å²) in [5, 5.41) is 10.0. The number of sulfonamides is 1. The summed E-state index contributed by atoms with van der Waals surface area (Å²) in [6.45, 7) is 0. The molecular formula is C21H18ClN3O6S. The monoisotopic (exact) mass is 475 g/mol. The maximum absolute atomic E-state index is 12.8. The molecule has 2 amide bonds. The van der Waals surface area contributed by atoms with Gasteiger partial charge in [0.05, 0.1) is 23.3 Å². The molecule has 3 rings (SSSR count). The second-order valence-electron chi connectivity index (χ2n) is 6.40. The van der Waals surface area contributed by atoms with Gasteiger partial charge in [-0.1, -0.05) is 29.8 Å². The van der Waals surface area contributed by atoms with Crippen LogP contribution in [0, 0.1) is 0 Å². The Labute approximate surface area is 189 Å². The van der Waals surface area contributed by atoms with Gasteiger partial charge < -0.3 is 9.84 Å². The minimum absolute atomic E-state index is 0.0245. The smallest absolute Gasteiger partial charge is 0.273 e. The largest absolute Gasteiger partial charge is 0.507 e. The van der Waals surface area contributed by atoms with E-state index >= 15 is 0 Å². The van der Waals surface area contributed by atoms with Crippen LogP contribution in [0.25, 0.3) is 0 Å². The van der Waals surface area contributed by atoms with Gasteiger partial charge in [-0.25, -0.2) is 8.42 Å². The normalized spacial score (nSPS) is 10.8. The highest BCUT2D eigenvalue weighted by molar-refractivity contribution is 7.92. The van der Waals surface area contributed by atoms with Crippen molar-refractivity contribution in [3.05, 3.63) is 82.9 Å². The van der Waals surface area contributed by atoms with E-state index in [0.717, 1.165) is 6.07 Å². The van der Waals surface area contributed by atoms with Crippen molar-refractivity contribution in [2.45, 2.75) is 4.90 Å². The Morgan fingerprint density at radius 2 is 1.66 bits per heavy atom. The Morgan fingerprint density at radius 3 is 2.38 bits per heavy atom. The van der Waals surface area contributed by atoms with Gasteiger partial charge in [0, 0.05) is 10.6 Å². The Hall–Kier alpha value is -3.76. The van der Waals surface area contributed by atoms with E-state index in [-0.39, 0.29) is 33.2 Å². The van der Waals surface area contributed by atoms with Gasteiger partial charge >= 0.3 is 0 Å². The molecule has 9 nitrogen and oxygen atoms in total. The van der Waals surface area contributed by atoms with Crippen LogP contribution >= 0.6 is 11.6 Å². The quantitative estimate of drug-likeness (QED) is 0.405. The average molecular weight is 476 g/mol. The predicted octanol–water partition coefficient (Wildman–Crippen LogP) is 2.93. The number of phenols is 1. The number of ether oxygens (including phenoxy) is 1. The third kappa shape index (κ3) is 5.29. The van der Waals surface area contributed by atoms with Crippen molar-refractivity contribution >= 4 is 39.1 Å². The van der Waals surface area contributed by atoms with E-state index in [1.165, 1.54) is 49.6 Å². The molecular weight excluding hydrogens is 458 g/mol. The lowest BCUT2D eigenvalue weighted by molar-refractivity contribution is 0.0845. The zero-order valence-electron chi connectivity index (χ0n) is 16.6. The number of hydrazine groups is 1. The van der Waals surface area contributed by atoms with Crippen molar-refractivity contribution in [2.24, 2.45) is 0 Å². The zero-order valence-corrected chi connectivity index (χ0v) is 18.2. The Kier molecular flexibility index (Phi) is 6.86. The molecule has 11 heteroatoms. The van der Waals surface area contributed by atoms with Gasteiger partial charge in [-0.2, -0.15) is 0 Å². The molecule has 3 aromatic rings. The number of carbonyl (C=O) groups excluding carboxylic acids is 2. The predicted molar refractivity (Wildman–Crippen MR) is 118 cm³/mol. The number of para-hydroxylation sites is 1. The van der Waals surface area contributed by atoms with Crippen LogP contribution in [0.5, 0.6) is 11.5 Å². The van der Waals surface area contributed by atoms with Crippen LogP contribution in [0.15, 0.2) is 71.6 Å². The van der Waals surface area contributed by atoms with Crippen LogP contribution in [-0.2, 0) is 10.0 Å². The minimum Gasteiger partial charge on any atom is -0.507 e. The number of aromatic hydroxyl groups is 1. The maximum Gasteiger partial charge on any atom is 0.273 e. The highest BCUT2D eigenvalue weighted by Gasteiger charge is 2.19. The molecule has 3 aromatic carbocycles. The molecule has 0 heterocycles. The lowest BCUT2D eigenvalue weighted by Gasteiger charge is -2.13. The number of phenolic OH excluding ortho intramolecular Hbond substituents is 1. The lowest BCUT2D eigenvalue weighted by Crippen LogP contribution is -2.41. The fourth-order valence-electron chi connectivity index (χ4n) is 2.69. The number of hydrogen-bond donors (Lipinski definition) is 4. The molecule has 0 unspecified atom stereocenters. The molecule has 0 aliphatic carbocycles. The third-order valence-corrected chi connectivity index (χ3v) is 5.85. The summed E-state index contributed by atoms with van der Waals surface area (Å²) in [4.78, 5) is 24.3. The van der Waals surface area contributed by atoms with Gasteiger partial charge in [0.15, 0.2) is 0 Å². The molecule has 0 saturated heterocycles. The summed E-state index contributed by atoms with van der Waals surface area (Å²) < 4.78 is 33.1. The summed E-state index contributed by atoms with van der Waals surface area (Å²) in [5.74, 6) is -1.49. The molecule has 4 N–H and O–H groups in total. The first-order valence-electron chi connectivity index (χ1n) is 9.06. The van der Waals surface area contributed by atoms with Crippen LogP contribution in [0.2, 0.25) is 5.02 Å². The van der Waals surface area contributed by atoms with Crippen LogP contribution in [0.4, 0.5) is 5.69 Å². The highest BCUT2D eigenvalue weighted by Crippen LogP contribution is 2.30. The first-order chi connectivity index (χ1) is 15.2. The second-order valence-corrected chi connectivity index (χ2v) is 8.52. The molecule has 0 spiro atoms. The number of carbonyl (C=O) groups is 2. The molecule has 0 aromatic heterocycles. The van der Waals surface area contributed by atoms with Crippen LogP contribution in [-0.4, -0.2) is 32.4 Å². The van der Waals surface area contributed by atoms with E-state index in [9.17, 15) is 23.1 Å². The van der Waals surface area contributed by atoms with Gasteiger partial charge in [0.25, 0.3) is 21.8 Å². The number of halogens is 1.